The van der Waals surface area contributed by atoms with Gasteiger partial charge in [0.05, 0.1) is 33.1 Å². The lowest BCUT2D eigenvalue weighted by atomic mass is 10.1. The number of rotatable bonds is 7. The monoisotopic (exact) mass is 798 g/mol. The number of fused-ring (bicyclic) bond motifs is 9. The van der Waals surface area contributed by atoms with Crippen LogP contribution in [0, 0.1) is 12.2 Å². The van der Waals surface area contributed by atoms with Gasteiger partial charge in [-0.25, -0.2) is 9.97 Å². The summed E-state index contributed by atoms with van der Waals surface area (Å²) in [5.74, 6) is 3.47. The molecule has 0 aliphatic heterocycles. The highest BCUT2D eigenvalue weighted by Gasteiger charge is 2.20. The van der Waals surface area contributed by atoms with Crippen molar-refractivity contribution in [3.63, 3.8) is 0 Å². The van der Waals surface area contributed by atoms with Crippen LogP contribution in [-0.4, -0.2) is 38.6 Å². The molecular weight excluding hydrogens is 771 g/mol. The van der Waals surface area contributed by atoms with E-state index in [-0.39, 0.29) is 5.95 Å². The lowest BCUT2D eigenvalue weighted by Crippen LogP contribution is -2.07. The quantitative estimate of drug-likeness (QED) is 0.158. The predicted molar refractivity (Wildman–Crippen MR) is 231 cm³/mol. The highest BCUT2D eigenvalue weighted by atomic mass is 19.1. The maximum absolute atomic E-state index is 14.7. The molecular formula is C49H28F2N8O2. The number of nitrogens with zero attached hydrogens (tertiary/aromatic N) is 8. The molecule has 0 N–H and O–H groups in total. The van der Waals surface area contributed by atoms with Crippen LogP contribution < -0.4 is 9.47 Å². The van der Waals surface area contributed by atoms with Gasteiger partial charge in [0.25, 0.3) is 0 Å². The molecule has 290 valence electrons. The first-order valence-electron chi connectivity index (χ1n) is 19.4. The van der Waals surface area contributed by atoms with Crippen molar-refractivity contribution in [3.05, 3.63) is 182 Å². The lowest BCUT2D eigenvalue weighted by molar-refractivity contribution is 0.451. The largest absolute Gasteiger partial charge is 0.457 e. The summed E-state index contributed by atoms with van der Waals surface area (Å²) in [5.41, 5.74) is 5.00. The normalized spacial score (nSPS) is 11.8. The van der Waals surface area contributed by atoms with Gasteiger partial charge in [-0.05, 0) is 84.9 Å². The van der Waals surface area contributed by atoms with Gasteiger partial charge < -0.3 is 9.47 Å². The van der Waals surface area contributed by atoms with E-state index in [1.165, 1.54) is 0 Å². The van der Waals surface area contributed by atoms with Crippen molar-refractivity contribution in [2.24, 2.45) is 0 Å². The van der Waals surface area contributed by atoms with Crippen LogP contribution in [-0.2, 0) is 0 Å². The van der Waals surface area contributed by atoms with Crippen molar-refractivity contribution >= 4 is 65.4 Å². The molecule has 12 aromatic rings. The first-order chi connectivity index (χ1) is 30.0. The number of hydrogen-bond acceptors (Lipinski definition) is 7. The summed E-state index contributed by atoms with van der Waals surface area (Å²) in [4.78, 5) is 20.3. The number of hydrogen-bond donors (Lipinski definition) is 0. The van der Waals surface area contributed by atoms with Crippen molar-refractivity contribution < 1.29 is 18.3 Å². The zero-order chi connectivity index (χ0) is 40.6. The Morgan fingerprint density at radius 2 is 0.705 bits per heavy atom. The van der Waals surface area contributed by atoms with E-state index in [9.17, 15) is 8.78 Å². The molecule has 0 spiro atoms. The van der Waals surface area contributed by atoms with Crippen LogP contribution in [0.2, 0.25) is 0 Å². The minimum atomic E-state index is -1.24. The van der Waals surface area contributed by atoms with Crippen molar-refractivity contribution in [2.75, 3.05) is 0 Å². The maximum atomic E-state index is 14.7. The third-order valence-electron chi connectivity index (χ3n) is 11.0. The molecule has 12 heteroatoms. The minimum Gasteiger partial charge on any atom is -0.457 e. The Balaban J connectivity index is 0.972. The summed E-state index contributed by atoms with van der Waals surface area (Å²) in [7, 11) is 0. The third kappa shape index (κ3) is 5.64. The molecule has 0 unspecified atom stereocenters. The van der Waals surface area contributed by atoms with Crippen molar-refractivity contribution in [1.82, 2.24) is 38.6 Å². The second-order valence-corrected chi connectivity index (χ2v) is 14.5. The van der Waals surface area contributed by atoms with Crippen molar-refractivity contribution in [3.8, 4) is 40.6 Å². The van der Waals surface area contributed by atoms with Crippen LogP contribution in [0.15, 0.2) is 170 Å². The fourth-order valence-corrected chi connectivity index (χ4v) is 8.50. The Morgan fingerprint density at radius 3 is 1.10 bits per heavy atom. The fourth-order valence-electron chi connectivity index (χ4n) is 8.50. The molecule has 6 heterocycles. The van der Waals surface area contributed by atoms with E-state index in [1.54, 1.807) is 29.1 Å². The molecule has 0 radical (unpaired) electrons. The molecule has 0 saturated heterocycles. The highest BCUT2D eigenvalue weighted by Crippen LogP contribution is 2.40. The van der Waals surface area contributed by atoms with Gasteiger partial charge in [0.15, 0.2) is 0 Å². The van der Waals surface area contributed by atoms with Gasteiger partial charge in [0.1, 0.15) is 34.6 Å². The maximum Gasteiger partial charge on any atom is 0.315 e. The van der Waals surface area contributed by atoms with E-state index < -0.39 is 12.2 Å². The molecule has 0 aliphatic carbocycles. The Hall–Kier alpha value is -8.51. The summed E-state index contributed by atoms with van der Waals surface area (Å²) in [6, 6.07) is 51.1. The van der Waals surface area contributed by atoms with E-state index in [2.05, 4.69) is 58.3 Å². The van der Waals surface area contributed by atoms with E-state index in [0.29, 0.717) is 34.0 Å². The Bertz CT molecular complexity index is 3460. The molecule has 0 saturated carbocycles. The fraction of sp³-hybridized carbons (Fsp3) is 0. The molecule has 0 amide bonds. The number of aromatic nitrogens is 8. The second-order valence-electron chi connectivity index (χ2n) is 14.5. The van der Waals surface area contributed by atoms with E-state index >= 15 is 0 Å². The molecule has 6 aromatic carbocycles. The average molecular weight is 799 g/mol. The number of ether oxygens (including phenoxy) is 2. The van der Waals surface area contributed by atoms with Gasteiger partial charge in [0, 0.05) is 69.0 Å². The molecule has 10 nitrogen and oxygen atoms in total. The number of benzene rings is 6. The predicted octanol–water partition coefficient (Wildman–Crippen LogP) is 11.8. The smallest absolute Gasteiger partial charge is 0.315 e. The molecule has 0 atom stereocenters. The SMILES string of the molecule is Fc1nc(F)nc(-n2c3cc(Oc4ccc5c6ccccc6n(-c6ccccn6)c5c4)ccc3c3ccc(Oc4ccc5c6ccccc6n(-c6ccccn6)c5c4)cc32)n1. The highest BCUT2D eigenvalue weighted by molar-refractivity contribution is 6.11. The minimum absolute atomic E-state index is 0.234. The first-order valence-corrected chi connectivity index (χ1v) is 19.4. The van der Waals surface area contributed by atoms with Crippen molar-refractivity contribution in [1.29, 1.82) is 0 Å². The number of pyridine rings is 2. The molecule has 0 aliphatic rings. The summed E-state index contributed by atoms with van der Waals surface area (Å²) >= 11 is 0. The van der Waals surface area contributed by atoms with Crippen LogP contribution in [0.25, 0.3) is 83.0 Å². The topological polar surface area (TPSA) is 97.7 Å². The zero-order valence-corrected chi connectivity index (χ0v) is 31.8. The molecule has 6 aromatic heterocycles. The van der Waals surface area contributed by atoms with Gasteiger partial charge in [-0.15, -0.1) is 0 Å². The summed E-state index contributed by atoms with van der Waals surface area (Å²) < 4.78 is 48.3. The van der Waals surface area contributed by atoms with Gasteiger partial charge in [0.2, 0.25) is 5.95 Å². The summed E-state index contributed by atoms with van der Waals surface area (Å²) in [6.45, 7) is 0. The van der Waals surface area contributed by atoms with Crippen LogP contribution in [0.1, 0.15) is 0 Å². The standard InChI is InChI=1S/C49H28F2N8O2/c50-47-54-48(51)56-49(55-47)59-43-27-31(60-29-15-19-35-33-9-1-3-11-39(33)57(41(35)25-29)45-13-5-7-23-52-45)17-21-37(43)38-22-18-32(28-44(38)59)61-30-16-20-36-34-10-2-4-12-40(34)58(42(36)26-30)46-14-6-8-24-53-46/h1-28H. The number of halogens is 2. The van der Waals surface area contributed by atoms with Crippen LogP contribution in [0.3, 0.4) is 0 Å². The van der Waals surface area contributed by atoms with Crippen molar-refractivity contribution in [2.45, 2.75) is 0 Å². The zero-order valence-electron chi connectivity index (χ0n) is 31.8. The first kappa shape index (κ1) is 34.5. The van der Waals surface area contributed by atoms with Crippen LogP contribution in [0.5, 0.6) is 23.0 Å². The van der Waals surface area contributed by atoms with E-state index in [0.717, 1.165) is 66.0 Å². The van der Waals surface area contributed by atoms with E-state index in [4.69, 9.17) is 9.47 Å². The van der Waals surface area contributed by atoms with E-state index in [1.807, 2.05) is 121 Å². The second kappa shape index (κ2) is 13.5. The van der Waals surface area contributed by atoms with Gasteiger partial charge in [-0.3, -0.25) is 13.7 Å². The summed E-state index contributed by atoms with van der Waals surface area (Å²) in [6.07, 6.45) is 1.05. The average Bonchev–Trinajstić information content (AvgIpc) is 3.91. The molecule has 0 fully saturated rings. The third-order valence-corrected chi connectivity index (χ3v) is 11.0. The molecule has 12 rings (SSSR count). The van der Waals surface area contributed by atoms with Gasteiger partial charge in [-0.1, -0.05) is 48.5 Å². The Labute approximate surface area is 344 Å². The van der Waals surface area contributed by atoms with Gasteiger partial charge >= 0.3 is 12.2 Å². The van der Waals surface area contributed by atoms with Crippen LogP contribution in [0.4, 0.5) is 8.78 Å². The Kier molecular flexibility index (Phi) is 7.66. The molecule has 0 bridgehead atoms. The van der Waals surface area contributed by atoms with Gasteiger partial charge in [-0.2, -0.15) is 23.7 Å². The number of para-hydroxylation sites is 2. The molecule has 61 heavy (non-hydrogen) atoms. The lowest BCUT2D eigenvalue weighted by Gasteiger charge is -2.10. The van der Waals surface area contributed by atoms with Crippen LogP contribution >= 0.6 is 0 Å². The summed E-state index contributed by atoms with van der Waals surface area (Å²) in [5, 5.41) is 5.85. The Morgan fingerprint density at radius 1 is 0.344 bits per heavy atom.